The minimum absolute atomic E-state index is 0.187. The molecule has 0 saturated carbocycles. The number of hydrogen-bond donors (Lipinski definition) is 2. The molecular formula is C16H16N4O. The molecule has 0 radical (unpaired) electrons. The fourth-order valence-corrected chi connectivity index (χ4v) is 1.81. The highest BCUT2D eigenvalue weighted by Crippen LogP contribution is 2.07. The van der Waals surface area contributed by atoms with Gasteiger partial charge in [-0.15, -0.1) is 0 Å². The first-order valence-electron chi connectivity index (χ1n) is 6.55. The van der Waals surface area contributed by atoms with Gasteiger partial charge in [0.25, 0.3) is 5.91 Å². The van der Waals surface area contributed by atoms with Crippen molar-refractivity contribution in [2.24, 2.45) is 5.73 Å². The Morgan fingerprint density at radius 1 is 1.33 bits per heavy atom. The first-order valence-corrected chi connectivity index (χ1v) is 6.55. The predicted molar refractivity (Wildman–Crippen MR) is 80.3 cm³/mol. The van der Waals surface area contributed by atoms with Crippen LogP contribution < -0.4 is 11.1 Å². The second-order valence-electron chi connectivity index (χ2n) is 4.33. The predicted octanol–water partition coefficient (Wildman–Crippen LogP) is 1.03. The molecule has 5 heteroatoms. The van der Waals surface area contributed by atoms with Crippen LogP contribution in [0.3, 0.4) is 0 Å². The van der Waals surface area contributed by atoms with E-state index in [0.29, 0.717) is 23.5 Å². The topological polar surface area (TPSA) is 80.9 Å². The normalized spacial score (nSPS) is 9.62. The molecule has 21 heavy (non-hydrogen) atoms. The summed E-state index contributed by atoms with van der Waals surface area (Å²) in [5, 5.41) is 2.83. The fourth-order valence-electron chi connectivity index (χ4n) is 1.81. The van der Waals surface area contributed by atoms with Gasteiger partial charge in [-0.2, -0.15) is 0 Å². The molecule has 1 amide bonds. The Bertz CT molecular complexity index is 701. The van der Waals surface area contributed by atoms with Crippen LogP contribution in [0, 0.1) is 18.8 Å². The molecule has 2 aromatic rings. The van der Waals surface area contributed by atoms with Crippen LogP contribution in [0.5, 0.6) is 0 Å². The Balaban J connectivity index is 2.10. The third kappa shape index (κ3) is 4.13. The highest BCUT2D eigenvalue weighted by atomic mass is 16.1. The van der Waals surface area contributed by atoms with Crippen LogP contribution in [0.2, 0.25) is 0 Å². The lowest BCUT2D eigenvalue weighted by molar-refractivity contribution is 0.0950. The molecule has 0 bridgehead atoms. The maximum absolute atomic E-state index is 12.2. The average molecular weight is 280 g/mol. The van der Waals surface area contributed by atoms with Gasteiger partial charge in [0.2, 0.25) is 0 Å². The number of carbonyl (C=O) groups excluding carboxylic acids is 1. The average Bonchev–Trinajstić information content (AvgIpc) is 2.51. The Kier molecular flexibility index (Phi) is 5.02. The van der Waals surface area contributed by atoms with E-state index in [1.165, 1.54) is 0 Å². The van der Waals surface area contributed by atoms with Crippen molar-refractivity contribution in [2.75, 3.05) is 6.54 Å². The molecule has 0 spiro atoms. The highest BCUT2D eigenvalue weighted by Gasteiger charge is 2.09. The molecule has 0 atom stereocenters. The van der Waals surface area contributed by atoms with Crippen LogP contribution in [0.4, 0.5) is 0 Å². The third-order valence-electron chi connectivity index (χ3n) is 2.76. The number of hydrogen-bond acceptors (Lipinski definition) is 4. The number of nitrogens with one attached hydrogen (secondary N) is 1. The van der Waals surface area contributed by atoms with Crippen molar-refractivity contribution in [3.63, 3.8) is 0 Å². The fraction of sp³-hybridized carbons (Fsp3) is 0.188. The lowest BCUT2D eigenvalue weighted by atomic mass is 10.1. The van der Waals surface area contributed by atoms with E-state index in [9.17, 15) is 4.79 Å². The number of carbonyl (C=O) groups is 1. The molecule has 0 fully saturated rings. The highest BCUT2D eigenvalue weighted by molar-refractivity contribution is 5.96. The Morgan fingerprint density at radius 3 is 2.90 bits per heavy atom. The Hall–Kier alpha value is -2.71. The third-order valence-corrected chi connectivity index (χ3v) is 2.76. The first kappa shape index (κ1) is 14.7. The number of nitrogens with two attached hydrogens (primary N) is 1. The SMILES string of the molecule is Cc1nccc(CNC(=O)c2ccccc2C#CCN)n1. The molecule has 0 saturated heterocycles. The molecule has 1 aromatic carbocycles. The summed E-state index contributed by atoms with van der Waals surface area (Å²) in [6, 6.07) is 8.95. The maximum Gasteiger partial charge on any atom is 0.252 e. The zero-order valence-corrected chi connectivity index (χ0v) is 11.8. The number of aromatic nitrogens is 2. The molecule has 0 aliphatic heterocycles. The summed E-state index contributed by atoms with van der Waals surface area (Å²) < 4.78 is 0. The van der Waals surface area contributed by atoms with Crippen LogP contribution in [0.1, 0.15) is 27.4 Å². The summed E-state index contributed by atoms with van der Waals surface area (Å²) in [7, 11) is 0. The zero-order valence-electron chi connectivity index (χ0n) is 11.8. The van der Waals surface area contributed by atoms with Gasteiger partial charge >= 0.3 is 0 Å². The smallest absolute Gasteiger partial charge is 0.252 e. The van der Waals surface area contributed by atoms with Crippen molar-refractivity contribution < 1.29 is 4.79 Å². The molecule has 0 aliphatic carbocycles. The van der Waals surface area contributed by atoms with E-state index in [1.807, 2.05) is 13.0 Å². The van der Waals surface area contributed by atoms with Gasteiger partial charge < -0.3 is 11.1 Å². The standard InChI is InChI=1S/C16H16N4O/c1-12-18-10-8-14(20-12)11-19-16(21)15-7-3-2-5-13(15)6-4-9-17/h2-3,5,7-8,10H,9,11,17H2,1H3,(H,19,21). The second-order valence-corrected chi connectivity index (χ2v) is 4.33. The molecule has 106 valence electrons. The minimum Gasteiger partial charge on any atom is -0.346 e. The number of nitrogens with zero attached hydrogens (tertiary/aromatic N) is 2. The van der Waals surface area contributed by atoms with Gasteiger partial charge in [-0.3, -0.25) is 4.79 Å². The molecular weight excluding hydrogens is 264 g/mol. The number of benzene rings is 1. The summed E-state index contributed by atoms with van der Waals surface area (Å²) in [6.45, 7) is 2.42. The maximum atomic E-state index is 12.2. The van der Waals surface area contributed by atoms with E-state index in [2.05, 4.69) is 27.1 Å². The van der Waals surface area contributed by atoms with Crippen molar-refractivity contribution in [2.45, 2.75) is 13.5 Å². The molecule has 0 aliphatic rings. The summed E-state index contributed by atoms with van der Waals surface area (Å²) in [5.41, 5.74) is 7.33. The molecule has 1 heterocycles. The lowest BCUT2D eigenvalue weighted by Gasteiger charge is -2.07. The van der Waals surface area contributed by atoms with Gasteiger partial charge in [-0.05, 0) is 25.1 Å². The Morgan fingerprint density at radius 2 is 2.14 bits per heavy atom. The van der Waals surface area contributed by atoms with Crippen LogP contribution in [-0.4, -0.2) is 22.4 Å². The monoisotopic (exact) mass is 280 g/mol. The molecule has 1 aromatic heterocycles. The van der Waals surface area contributed by atoms with E-state index in [-0.39, 0.29) is 12.5 Å². The van der Waals surface area contributed by atoms with Gasteiger partial charge in [-0.1, -0.05) is 24.0 Å². The first-order chi connectivity index (χ1) is 10.2. The largest absolute Gasteiger partial charge is 0.346 e. The number of amides is 1. The summed E-state index contributed by atoms with van der Waals surface area (Å²) in [5.74, 6) is 6.15. The van der Waals surface area contributed by atoms with Crippen LogP contribution in [0.15, 0.2) is 36.5 Å². The van der Waals surface area contributed by atoms with E-state index < -0.39 is 0 Å². The summed E-state index contributed by atoms with van der Waals surface area (Å²) in [6.07, 6.45) is 1.67. The van der Waals surface area contributed by atoms with Crippen LogP contribution >= 0.6 is 0 Å². The van der Waals surface area contributed by atoms with E-state index in [1.54, 1.807) is 30.5 Å². The summed E-state index contributed by atoms with van der Waals surface area (Å²) >= 11 is 0. The molecule has 3 N–H and O–H groups in total. The quantitative estimate of drug-likeness (QED) is 0.823. The number of rotatable bonds is 3. The van der Waals surface area contributed by atoms with Crippen LogP contribution in [0.25, 0.3) is 0 Å². The summed E-state index contributed by atoms with van der Waals surface area (Å²) in [4.78, 5) is 20.5. The van der Waals surface area contributed by atoms with Crippen molar-refractivity contribution >= 4 is 5.91 Å². The van der Waals surface area contributed by atoms with E-state index in [4.69, 9.17) is 5.73 Å². The number of aryl methyl sites for hydroxylation is 1. The molecule has 5 nitrogen and oxygen atoms in total. The molecule has 0 unspecified atom stereocenters. The second kappa shape index (κ2) is 7.17. The minimum atomic E-state index is -0.187. The van der Waals surface area contributed by atoms with Crippen molar-refractivity contribution in [3.05, 3.63) is 59.2 Å². The van der Waals surface area contributed by atoms with Gasteiger partial charge in [0, 0.05) is 11.8 Å². The van der Waals surface area contributed by atoms with Gasteiger partial charge in [0.05, 0.1) is 24.3 Å². The van der Waals surface area contributed by atoms with Crippen molar-refractivity contribution in [1.82, 2.24) is 15.3 Å². The van der Waals surface area contributed by atoms with Gasteiger partial charge in [0.15, 0.2) is 0 Å². The van der Waals surface area contributed by atoms with E-state index >= 15 is 0 Å². The lowest BCUT2D eigenvalue weighted by Crippen LogP contribution is -2.24. The van der Waals surface area contributed by atoms with E-state index in [0.717, 1.165) is 5.69 Å². The molecule has 2 rings (SSSR count). The van der Waals surface area contributed by atoms with Gasteiger partial charge in [-0.25, -0.2) is 9.97 Å². The van der Waals surface area contributed by atoms with Crippen LogP contribution in [-0.2, 0) is 6.54 Å². The zero-order chi connectivity index (χ0) is 15.1. The Labute approximate surface area is 123 Å². The van der Waals surface area contributed by atoms with Crippen molar-refractivity contribution in [1.29, 1.82) is 0 Å². The van der Waals surface area contributed by atoms with Crippen molar-refractivity contribution in [3.8, 4) is 11.8 Å². The van der Waals surface area contributed by atoms with Gasteiger partial charge in [0.1, 0.15) is 5.82 Å².